The summed E-state index contributed by atoms with van der Waals surface area (Å²) >= 11 is 0. The van der Waals surface area contributed by atoms with E-state index in [0.29, 0.717) is 11.8 Å². The van der Waals surface area contributed by atoms with Crippen LogP contribution in [-0.2, 0) is 0 Å². The summed E-state index contributed by atoms with van der Waals surface area (Å²) in [6, 6.07) is 0. The number of hydrogen-bond donors (Lipinski definition) is 0. The normalized spacial score (nSPS) is 23.9. The maximum atomic E-state index is 2.41. The summed E-state index contributed by atoms with van der Waals surface area (Å²) in [6.07, 6.45) is 15.3. The lowest BCUT2D eigenvalue weighted by Crippen LogP contribution is -2.08. The summed E-state index contributed by atoms with van der Waals surface area (Å²) in [4.78, 5) is 0. The zero-order chi connectivity index (χ0) is 10.4. The average molecular weight is 190 g/mol. The van der Waals surface area contributed by atoms with E-state index in [0.717, 1.165) is 0 Å². The van der Waals surface area contributed by atoms with E-state index in [9.17, 15) is 0 Å². The van der Waals surface area contributed by atoms with Gasteiger partial charge in [0.15, 0.2) is 0 Å². The van der Waals surface area contributed by atoms with Crippen molar-refractivity contribution in [3.8, 4) is 0 Å². The van der Waals surface area contributed by atoms with Gasteiger partial charge in [-0.05, 0) is 31.6 Å². The Morgan fingerprint density at radius 3 is 2.86 bits per heavy atom. The number of allylic oxidation sites excluding steroid dienone is 6. The van der Waals surface area contributed by atoms with Crippen LogP contribution in [0.4, 0.5) is 0 Å². The van der Waals surface area contributed by atoms with Gasteiger partial charge in [-0.1, -0.05) is 56.2 Å². The molecule has 0 saturated heterocycles. The molecule has 0 heterocycles. The summed E-state index contributed by atoms with van der Waals surface area (Å²) in [5, 5.41) is 0. The molecule has 2 atom stereocenters. The van der Waals surface area contributed by atoms with Gasteiger partial charge < -0.3 is 0 Å². The monoisotopic (exact) mass is 190 g/mol. The van der Waals surface area contributed by atoms with Crippen LogP contribution in [0.3, 0.4) is 0 Å². The van der Waals surface area contributed by atoms with Crippen molar-refractivity contribution in [2.45, 2.75) is 40.0 Å². The van der Waals surface area contributed by atoms with Gasteiger partial charge in [-0.3, -0.25) is 0 Å². The molecule has 1 rings (SSSR count). The first kappa shape index (κ1) is 11.3. The molecule has 0 saturated carbocycles. The highest BCUT2D eigenvalue weighted by molar-refractivity contribution is 5.24. The smallest absolute Gasteiger partial charge is 0.0135 e. The summed E-state index contributed by atoms with van der Waals surface area (Å²) in [6.45, 7) is 6.64. The van der Waals surface area contributed by atoms with Gasteiger partial charge >= 0.3 is 0 Å². The molecule has 0 aromatic carbocycles. The minimum atomic E-state index is 0.677. The van der Waals surface area contributed by atoms with E-state index in [1.54, 1.807) is 0 Å². The Balaban J connectivity index is 2.47. The van der Waals surface area contributed by atoms with E-state index in [-0.39, 0.29) is 0 Å². The van der Waals surface area contributed by atoms with E-state index in [4.69, 9.17) is 0 Å². The van der Waals surface area contributed by atoms with Gasteiger partial charge in [-0.15, -0.1) is 0 Å². The Hall–Kier alpha value is -0.780. The van der Waals surface area contributed by atoms with Crippen LogP contribution in [0.2, 0.25) is 0 Å². The molecule has 0 heteroatoms. The molecule has 0 fully saturated rings. The van der Waals surface area contributed by atoms with Gasteiger partial charge in [0.05, 0.1) is 0 Å². The highest BCUT2D eigenvalue weighted by Crippen LogP contribution is 2.26. The first-order valence-corrected chi connectivity index (χ1v) is 5.78. The second kappa shape index (κ2) is 5.85. The zero-order valence-electron chi connectivity index (χ0n) is 9.66. The van der Waals surface area contributed by atoms with Crippen LogP contribution in [0.15, 0.2) is 36.0 Å². The van der Waals surface area contributed by atoms with Crippen LogP contribution in [0.25, 0.3) is 0 Å². The van der Waals surface area contributed by atoms with Crippen molar-refractivity contribution in [1.29, 1.82) is 0 Å². The molecule has 0 N–H and O–H groups in total. The molecule has 0 aliphatic heterocycles. The topological polar surface area (TPSA) is 0 Å². The van der Waals surface area contributed by atoms with Crippen molar-refractivity contribution < 1.29 is 0 Å². The predicted molar refractivity (Wildman–Crippen MR) is 64.2 cm³/mol. The molecule has 78 valence electrons. The van der Waals surface area contributed by atoms with Crippen LogP contribution in [0.5, 0.6) is 0 Å². The Morgan fingerprint density at radius 2 is 2.36 bits per heavy atom. The van der Waals surface area contributed by atoms with Crippen LogP contribution >= 0.6 is 0 Å². The Labute approximate surface area is 88.4 Å². The van der Waals surface area contributed by atoms with Crippen molar-refractivity contribution in [2.24, 2.45) is 11.8 Å². The molecule has 0 spiro atoms. The average Bonchev–Trinajstić information content (AvgIpc) is 2.20. The second-order valence-electron chi connectivity index (χ2n) is 4.17. The zero-order valence-corrected chi connectivity index (χ0v) is 9.66. The Morgan fingerprint density at radius 1 is 1.57 bits per heavy atom. The van der Waals surface area contributed by atoms with Gasteiger partial charge in [-0.25, -0.2) is 0 Å². The summed E-state index contributed by atoms with van der Waals surface area (Å²) < 4.78 is 0. The lowest BCUT2D eigenvalue weighted by Gasteiger charge is -2.20. The van der Waals surface area contributed by atoms with Crippen LogP contribution in [0.1, 0.15) is 40.0 Å². The molecule has 1 aliphatic carbocycles. The van der Waals surface area contributed by atoms with Crippen LogP contribution in [-0.4, -0.2) is 0 Å². The first-order chi connectivity index (χ1) is 6.77. The third-order valence-corrected chi connectivity index (χ3v) is 2.92. The van der Waals surface area contributed by atoms with Gasteiger partial charge in [-0.2, -0.15) is 0 Å². The first-order valence-electron chi connectivity index (χ1n) is 5.78. The highest BCUT2D eigenvalue weighted by Gasteiger charge is 2.13. The SMILES string of the molecule is CC=CC(C)C1C=CC(CCC)=CC1. The van der Waals surface area contributed by atoms with Crippen LogP contribution in [0, 0.1) is 11.8 Å². The lowest BCUT2D eigenvalue weighted by atomic mass is 9.85. The van der Waals surface area contributed by atoms with Gasteiger partial charge in [0.25, 0.3) is 0 Å². The molecule has 2 unspecified atom stereocenters. The fraction of sp³-hybridized carbons (Fsp3) is 0.571. The third-order valence-electron chi connectivity index (χ3n) is 2.92. The molecular weight excluding hydrogens is 168 g/mol. The van der Waals surface area contributed by atoms with Crippen molar-refractivity contribution >= 4 is 0 Å². The standard InChI is InChI=1S/C14H22/c1-4-6-12(3)14-10-8-13(7-5-2)9-11-14/h4,6,8-10,12,14H,5,7,11H2,1-3H3. The minimum Gasteiger partial charge on any atom is -0.0914 e. The van der Waals surface area contributed by atoms with Crippen molar-refractivity contribution in [1.82, 2.24) is 0 Å². The number of rotatable bonds is 4. The molecule has 0 aromatic rings. The van der Waals surface area contributed by atoms with E-state index in [2.05, 4.69) is 51.2 Å². The molecule has 14 heavy (non-hydrogen) atoms. The molecular formula is C14H22. The summed E-state index contributed by atoms with van der Waals surface area (Å²) in [5.74, 6) is 1.39. The Bertz CT molecular complexity index is 243. The minimum absolute atomic E-state index is 0.677. The van der Waals surface area contributed by atoms with E-state index >= 15 is 0 Å². The van der Waals surface area contributed by atoms with E-state index < -0.39 is 0 Å². The summed E-state index contributed by atoms with van der Waals surface area (Å²) in [7, 11) is 0. The van der Waals surface area contributed by atoms with E-state index in [1.807, 2.05) is 0 Å². The molecule has 0 nitrogen and oxygen atoms in total. The number of hydrogen-bond acceptors (Lipinski definition) is 0. The molecule has 0 amide bonds. The molecule has 0 bridgehead atoms. The van der Waals surface area contributed by atoms with Crippen molar-refractivity contribution in [2.75, 3.05) is 0 Å². The van der Waals surface area contributed by atoms with Crippen molar-refractivity contribution in [3.63, 3.8) is 0 Å². The fourth-order valence-electron chi connectivity index (χ4n) is 1.99. The maximum absolute atomic E-state index is 2.41. The summed E-state index contributed by atoms with van der Waals surface area (Å²) in [5.41, 5.74) is 1.52. The fourth-order valence-corrected chi connectivity index (χ4v) is 1.99. The maximum Gasteiger partial charge on any atom is -0.0135 e. The van der Waals surface area contributed by atoms with Crippen LogP contribution < -0.4 is 0 Å². The largest absolute Gasteiger partial charge is 0.0914 e. The van der Waals surface area contributed by atoms with E-state index in [1.165, 1.54) is 24.8 Å². The van der Waals surface area contributed by atoms with Crippen molar-refractivity contribution in [3.05, 3.63) is 36.0 Å². The Kier molecular flexibility index (Phi) is 4.72. The molecule has 0 radical (unpaired) electrons. The molecule has 0 aromatic heterocycles. The second-order valence-corrected chi connectivity index (χ2v) is 4.17. The van der Waals surface area contributed by atoms with Gasteiger partial charge in [0.2, 0.25) is 0 Å². The van der Waals surface area contributed by atoms with Gasteiger partial charge in [0, 0.05) is 0 Å². The predicted octanol–water partition coefficient (Wildman–Crippen LogP) is 4.50. The highest BCUT2D eigenvalue weighted by atomic mass is 14.2. The van der Waals surface area contributed by atoms with Gasteiger partial charge in [0.1, 0.15) is 0 Å². The quantitative estimate of drug-likeness (QED) is 0.572. The lowest BCUT2D eigenvalue weighted by molar-refractivity contribution is 0.511. The third kappa shape index (κ3) is 3.17. The molecule has 1 aliphatic rings.